The Bertz CT molecular complexity index is 514. The minimum atomic E-state index is -3.45. The van der Waals surface area contributed by atoms with Crippen molar-refractivity contribution in [3.63, 3.8) is 0 Å². The van der Waals surface area contributed by atoms with E-state index in [0.29, 0.717) is 10.6 Å². The molecule has 8 heteroatoms. The van der Waals surface area contributed by atoms with Gasteiger partial charge in [-0.2, -0.15) is 4.31 Å². The first kappa shape index (κ1) is 17.1. The van der Waals surface area contributed by atoms with Crippen LogP contribution < -0.4 is 11.1 Å². The molecule has 1 amide bonds. The van der Waals surface area contributed by atoms with Crippen molar-refractivity contribution in [1.29, 1.82) is 0 Å². The summed E-state index contributed by atoms with van der Waals surface area (Å²) in [6.45, 7) is 2.41. The van der Waals surface area contributed by atoms with Crippen LogP contribution in [0.1, 0.15) is 19.8 Å². The summed E-state index contributed by atoms with van der Waals surface area (Å²) in [5.74, 6) is -0.242. The highest BCUT2D eigenvalue weighted by atomic mass is 32.2. The lowest BCUT2D eigenvalue weighted by atomic mass is 10.2. The molecule has 114 valence electrons. The summed E-state index contributed by atoms with van der Waals surface area (Å²) in [5, 5.41) is 4.36. The van der Waals surface area contributed by atoms with Crippen molar-refractivity contribution in [2.45, 2.75) is 30.0 Å². The topological polar surface area (TPSA) is 92.5 Å². The Balaban J connectivity index is 2.44. The maximum Gasteiger partial charge on any atom is 0.252 e. The molecule has 0 bridgehead atoms. The summed E-state index contributed by atoms with van der Waals surface area (Å²) in [6.07, 6.45) is 1.45. The number of hydrogen-bond acceptors (Lipinski definition) is 5. The molecule has 20 heavy (non-hydrogen) atoms. The van der Waals surface area contributed by atoms with Gasteiger partial charge in [0.05, 0.1) is 6.04 Å². The third kappa shape index (κ3) is 4.55. The van der Waals surface area contributed by atoms with Gasteiger partial charge in [-0.1, -0.05) is 19.4 Å². The van der Waals surface area contributed by atoms with E-state index in [0.717, 1.165) is 6.42 Å². The van der Waals surface area contributed by atoms with Gasteiger partial charge in [0.25, 0.3) is 10.0 Å². The van der Waals surface area contributed by atoms with E-state index in [-0.39, 0.29) is 19.0 Å². The van der Waals surface area contributed by atoms with Crippen LogP contribution in [0.2, 0.25) is 0 Å². The number of carbonyl (C=O) groups excluding carboxylic acids is 1. The van der Waals surface area contributed by atoms with Gasteiger partial charge in [-0.25, -0.2) is 8.42 Å². The third-order valence-electron chi connectivity index (χ3n) is 2.82. The lowest BCUT2D eigenvalue weighted by Crippen LogP contribution is -2.43. The molecule has 0 saturated carbocycles. The summed E-state index contributed by atoms with van der Waals surface area (Å²) >= 11 is 1.17. The van der Waals surface area contributed by atoms with Gasteiger partial charge in [0.15, 0.2) is 0 Å². The van der Waals surface area contributed by atoms with Crippen LogP contribution in [0.25, 0.3) is 0 Å². The molecule has 1 atom stereocenters. The van der Waals surface area contributed by atoms with Crippen LogP contribution in [0.3, 0.4) is 0 Å². The van der Waals surface area contributed by atoms with Gasteiger partial charge in [0.2, 0.25) is 5.91 Å². The lowest BCUT2D eigenvalue weighted by Gasteiger charge is -2.17. The van der Waals surface area contributed by atoms with Crippen molar-refractivity contribution in [3.8, 4) is 0 Å². The second kappa shape index (κ2) is 7.72. The number of likely N-dealkylation sites (N-methyl/N-ethyl adjacent to an activating group) is 1. The monoisotopic (exact) mass is 319 g/mol. The van der Waals surface area contributed by atoms with Crippen molar-refractivity contribution in [2.75, 3.05) is 20.1 Å². The lowest BCUT2D eigenvalue weighted by molar-refractivity contribution is -0.122. The average molecular weight is 319 g/mol. The number of hydrogen-bond donors (Lipinski definition) is 2. The zero-order valence-corrected chi connectivity index (χ0v) is 13.3. The van der Waals surface area contributed by atoms with Crippen LogP contribution in [0.4, 0.5) is 0 Å². The molecule has 1 aromatic rings. The molecule has 0 aliphatic carbocycles. The first-order valence-corrected chi connectivity index (χ1v) is 8.74. The quantitative estimate of drug-likeness (QED) is 0.734. The molecule has 1 heterocycles. The van der Waals surface area contributed by atoms with E-state index in [4.69, 9.17) is 5.73 Å². The molecule has 0 aliphatic heterocycles. The summed E-state index contributed by atoms with van der Waals surface area (Å²) in [7, 11) is -1.96. The van der Waals surface area contributed by atoms with Crippen molar-refractivity contribution in [3.05, 3.63) is 17.5 Å². The van der Waals surface area contributed by atoms with Gasteiger partial charge in [-0.3, -0.25) is 4.79 Å². The smallest absolute Gasteiger partial charge is 0.252 e. The van der Waals surface area contributed by atoms with Gasteiger partial charge in [0, 0.05) is 20.1 Å². The number of nitrogens with one attached hydrogen (secondary N) is 1. The summed E-state index contributed by atoms with van der Waals surface area (Å²) < 4.78 is 25.7. The minimum Gasteiger partial charge on any atom is -0.353 e. The minimum absolute atomic E-state index is 0.213. The maximum atomic E-state index is 12.1. The highest BCUT2D eigenvalue weighted by Gasteiger charge is 2.21. The zero-order valence-electron chi connectivity index (χ0n) is 11.7. The number of nitrogens with zero attached hydrogens (tertiary/aromatic N) is 1. The van der Waals surface area contributed by atoms with Crippen molar-refractivity contribution < 1.29 is 13.2 Å². The fraction of sp³-hybridized carbons (Fsp3) is 0.583. The van der Waals surface area contributed by atoms with E-state index >= 15 is 0 Å². The summed E-state index contributed by atoms with van der Waals surface area (Å²) in [6, 6.07) is 2.72. The number of sulfonamides is 1. The van der Waals surface area contributed by atoms with Crippen LogP contribution >= 0.6 is 11.3 Å². The molecular formula is C12H21N3O3S2. The van der Waals surface area contributed by atoms with Crippen LogP contribution in [-0.2, 0) is 14.8 Å². The van der Waals surface area contributed by atoms with Crippen LogP contribution in [0, 0.1) is 0 Å². The second-order valence-corrected chi connectivity index (χ2v) is 7.66. The molecule has 0 aromatic carbocycles. The average Bonchev–Trinajstić information content (AvgIpc) is 2.93. The van der Waals surface area contributed by atoms with Gasteiger partial charge in [-0.05, 0) is 17.9 Å². The van der Waals surface area contributed by atoms with E-state index in [1.54, 1.807) is 17.5 Å². The molecule has 0 fully saturated rings. The van der Waals surface area contributed by atoms with Gasteiger partial charge in [0.1, 0.15) is 4.21 Å². The molecule has 0 saturated heterocycles. The Hall–Kier alpha value is -0.960. The Morgan fingerprint density at radius 3 is 2.80 bits per heavy atom. The van der Waals surface area contributed by atoms with Crippen LogP contribution in [0.5, 0.6) is 0 Å². The van der Waals surface area contributed by atoms with Gasteiger partial charge in [-0.15, -0.1) is 11.3 Å². The molecule has 0 spiro atoms. The molecule has 1 rings (SSSR count). The van der Waals surface area contributed by atoms with Crippen LogP contribution in [-0.4, -0.2) is 44.8 Å². The standard InChI is InChI=1S/C12H21N3O3S2/c1-3-5-10(13)12(16)14-7-8-15(2)20(17,18)11-6-4-9-19-11/h4,6,9-10H,3,5,7-8,13H2,1-2H3,(H,14,16). The largest absolute Gasteiger partial charge is 0.353 e. The molecule has 1 unspecified atom stereocenters. The van der Waals surface area contributed by atoms with Crippen molar-refractivity contribution >= 4 is 27.3 Å². The highest BCUT2D eigenvalue weighted by Crippen LogP contribution is 2.19. The Labute approximate surface area is 124 Å². The van der Waals surface area contributed by atoms with Crippen molar-refractivity contribution in [2.24, 2.45) is 5.73 Å². The predicted molar refractivity (Wildman–Crippen MR) is 80.0 cm³/mol. The predicted octanol–water partition coefficient (Wildman–Crippen LogP) is 0.612. The number of amides is 1. The van der Waals surface area contributed by atoms with E-state index in [9.17, 15) is 13.2 Å². The Morgan fingerprint density at radius 2 is 2.25 bits per heavy atom. The molecule has 6 nitrogen and oxygen atoms in total. The summed E-state index contributed by atoms with van der Waals surface area (Å²) in [5.41, 5.74) is 5.67. The van der Waals surface area contributed by atoms with E-state index in [2.05, 4.69) is 5.32 Å². The highest BCUT2D eigenvalue weighted by molar-refractivity contribution is 7.91. The third-order valence-corrected chi connectivity index (χ3v) is 6.05. The Kier molecular flexibility index (Phi) is 6.60. The van der Waals surface area contributed by atoms with Gasteiger partial charge >= 0.3 is 0 Å². The fourth-order valence-corrected chi connectivity index (χ4v) is 3.97. The van der Waals surface area contributed by atoms with E-state index < -0.39 is 16.1 Å². The van der Waals surface area contributed by atoms with Crippen LogP contribution in [0.15, 0.2) is 21.7 Å². The fourth-order valence-electron chi connectivity index (χ4n) is 1.59. The first-order valence-electron chi connectivity index (χ1n) is 6.42. The van der Waals surface area contributed by atoms with Gasteiger partial charge < -0.3 is 11.1 Å². The van der Waals surface area contributed by atoms with E-state index in [1.165, 1.54) is 22.7 Å². The normalized spacial score (nSPS) is 13.4. The molecule has 3 N–H and O–H groups in total. The molecular weight excluding hydrogens is 298 g/mol. The second-order valence-electron chi connectivity index (χ2n) is 4.44. The first-order chi connectivity index (χ1) is 9.39. The number of nitrogens with two attached hydrogens (primary N) is 1. The van der Waals surface area contributed by atoms with Crippen molar-refractivity contribution in [1.82, 2.24) is 9.62 Å². The number of carbonyl (C=O) groups is 1. The summed E-state index contributed by atoms with van der Waals surface area (Å²) in [4.78, 5) is 11.6. The zero-order chi connectivity index (χ0) is 15.2. The Morgan fingerprint density at radius 1 is 1.55 bits per heavy atom. The number of thiophene rings is 1. The van der Waals surface area contributed by atoms with E-state index in [1.807, 2.05) is 6.92 Å². The maximum absolute atomic E-state index is 12.1. The molecule has 1 aromatic heterocycles. The molecule has 0 radical (unpaired) electrons. The molecule has 0 aliphatic rings. The SMILES string of the molecule is CCCC(N)C(=O)NCCN(C)S(=O)(=O)c1cccs1. The number of rotatable bonds is 8.